The van der Waals surface area contributed by atoms with Crippen LogP contribution in [0.1, 0.15) is 12.8 Å². The van der Waals surface area contributed by atoms with Gasteiger partial charge in [-0.15, -0.1) is 0 Å². The fraction of sp³-hybridized carbons (Fsp3) is 1.00. The number of sulfonamides is 1. The number of nitrogens with zero attached hydrogens (tertiary/aromatic N) is 1. The highest BCUT2D eigenvalue weighted by Crippen LogP contribution is 2.16. The highest BCUT2D eigenvalue weighted by atomic mass is 32.2. The summed E-state index contributed by atoms with van der Waals surface area (Å²) in [6.07, 6.45) is -1.04. The highest BCUT2D eigenvalue weighted by Gasteiger charge is 2.28. The van der Waals surface area contributed by atoms with E-state index in [0.717, 1.165) is 19.4 Å². The van der Waals surface area contributed by atoms with E-state index < -0.39 is 29.6 Å². The normalized spacial score (nSPS) is 21.7. The largest absolute Gasteiger partial charge is 0.395 e. The number of hydrogen-bond acceptors (Lipinski definition) is 4. The van der Waals surface area contributed by atoms with Crippen molar-refractivity contribution >= 4 is 10.0 Å². The molecule has 1 atom stereocenters. The second kappa shape index (κ2) is 7.32. The zero-order valence-electron chi connectivity index (χ0n) is 10.2. The summed E-state index contributed by atoms with van der Waals surface area (Å²) < 4.78 is 49.3. The van der Waals surface area contributed by atoms with E-state index in [0.29, 0.717) is 10.8 Å². The lowest BCUT2D eigenvalue weighted by atomic mass is 10.0. The van der Waals surface area contributed by atoms with Crippen molar-refractivity contribution in [2.45, 2.75) is 19.3 Å². The molecule has 0 aromatic rings. The Balaban J connectivity index is 2.61. The minimum Gasteiger partial charge on any atom is -0.395 e. The first kappa shape index (κ1) is 15.7. The minimum atomic E-state index is -3.73. The SMILES string of the molecule is O=S(=O)(CC1CCCNC1)N(CCO)CC(F)F. The fourth-order valence-corrected chi connectivity index (χ4v) is 3.87. The van der Waals surface area contributed by atoms with Crippen LogP contribution in [0.25, 0.3) is 0 Å². The maximum Gasteiger partial charge on any atom is 0.252 e. The third-order valence-corrected chi connectivity index (χ3v) is 4.94. The van der Waals surface area contributed by atoms with Crippen LogP contribution >= 0.6 is 0 Å². The molecular formula is C10H20F2N2O3S. The highest BCUT2D eigenvalue weighted by molar-refractivity contribution is 7.89. The van der Waals surface area contributed by atoms with Crippen LogP contribution in [0, 0.1) is 5.92 Å². The zero-order chi connectivity index (χ0) is 13.6. The lowest BCUT2D eigenvalue weighted by molar-refractivity contribution is 0.112. The Bertz CT molecular complexity index is 332. The van der Waals surface area contributed by atoms with Crippen molar-refractivity contribution in [3.8, 4) is 0 Å². The number of halogens is 2. The van der Waals surface area contributed by atoms with Gasteiger partial charge in [-0.1, -0.05) is 0 Å². The quantitative estimate of drug-likeness (QED) is 0.684. The second-order valence-corrected chi connectivity index (χ2v) is 6.48. The Hall–Kier alpha value is -0.310. The van der Waals surface area contributed by atoms with Crippen LogP contribution in [-0.2, 0) is 10.0 Å². The average molecular weight is 286 g/mol. The van der Waals surface area contributed by atoms with Gasteiger partial charge in [0.2, 0.25) is 10.0 Å². The first-order chi connectivity index (χ1) is 8.45. The van der Waals surface area contributed by atoms with E-state index in [-0.39, 0.29) is 18.2 Å². The molecule has 0 amide bonds. The van der Waals surface area contributed by atoms with Gasteiger partial charge in [0.1, 0.15) is 0 Å². The Morgan fingerprint density at radius 3 is 2.67 bits per heavy atom. The number of hydrogen-bond donors (Lipinski definition) is 2. The fourth-order valence-electron chi connectivity index (χ4n) is 2.08. The summed E-state index contributed by atoms with van der Waals surface area (Å²) in [5.41, 5.74) is 0. The van der Waals surface area contributed by atoms with Crippen LogP contribution in [0.15, 0.2) is 0 Å². The molecular weight excluding hydrogens is 266 g/mol. The molecule has 0 saturated carbocycles. The Labute approximate surface area is 106 Å². The molecule has 0 aromatic heterocycles. The molecule has 2 N–H and O–H groups in total. The number of aliphatic hydroxyl groups excluding tert-OH is 1. The predicted molar refractivity (Wildman–Crippen MR) is 64.0 cm³/mol. The van der Waals surface area contributed by atoms with Crippen LogP contribution in [0.3, 0.4) is 0 Å². The van der Waals surface area contributed by atoms with Gasteiger partial charge in [0.25, 0.3) is 6.43 Å². The number of alkyl halides is 2. The lowest BCUT2D eigenvalue weighted by Gasteiger charge is -2.26. The van der Waals surface area contributed by atoms with Gasteiger partial charge in [0.15, 0.2) is 0 Å². The van der Waals surface area contributed by atoms with Gasteiger partial charge >= 0.3 is 0 Å². The summed E-state index contributed by atoms with van der Waals surface area (Å²) in [5, 5.41) is 11.8. The van der Waals surface area contributed by atoms with E-state index >= 15 is 0 Å². The van der Waals surface area contributed by atoms with Gasteiger partial charge in [0, 0.05) is 6.54 Å². The van der Waals surface area contributed by atoms with E-state index in [4.69, 9.17) is 5.11 Å². The Morgan fingerprint density at radius 1 is 1.44 bits per heavy atom. The number of rotatable bonds is 7. The molecule has 1 saturated heterocycles. The van der Waals surface area contributed by atoms with E-state index in [1.807, 2.05) is 0 Å². The van der Waals surface area contributed by atoms with Gasteiger partial charge in [-0.25, -0.2) is 17.2 Å². The summed E-state index contributed by atoms with van der Waals surface area (Å²) in [5.74, 6) is -0.171. The predicted octanol–water partition coefficient (Wildman–Crippen LogP) is -0.125. The smallest absolute Gasteiger partial charge is 0.252 e. The first-order valence-electron chi connectivity index (χ1n) is 6.03. The van der Waals surface area contributed by atoms with Gasteiger partial charge in [-0.3, -0.25) is 0 Å². The van der Waals surface area contributed by atoms with Crippen molar-refractivity contribution < 1.29 is 22.3 Å². The van der Waals surface area contributed by atoms with E-state index in [9.17, 15) is 17.2 Å². The molecule has 18 heavy (non-hydrogen) atoms. The van der Waals surface area contributed by atoms with Gasteiger partial charge < -0.3 is 10.4 Å². The van der Waals surface area contributed by atoms with E-state index in [2.05, 4.69) is 5.32 Å². The third-order valence-electron chi connectivity index (χ3n) is 2.93. The molecule has 1 aliphatic rings. The number of nitrogens with one attached hydrogen (secondary N) is 1. The van der Waals surface area contributed by atoms with Crippen molar-refractivity contribution in [2.75, 3.05) is 38.5 Å². The second-order valence-electron chi connectivity index (χ2n) is 4.46. The molecule has 0 bridgehead atoms. The number of piperidine rings is 1. The summed E-state index contributed by atoms with van der Waals surface area (Å²) >= 11 is 0. The maximum atomic E-state index is 12.3. The average Bonchev–Trinajstić information content (AvgIpc) is 2.28. The molecule has 1 aliphatic heterocycles. The molecule has 0 spiro atoms. The van der Waals surface area contributed by atoms with Gasteiger partial charge in [-0.2, -0.15) is 4.31 Å². The molecule has 0 radical (unpaired) electrons. The summed E-state index contributed by atoms with van der Waals surface area (Å²) in [4.78, 5) is 0. The molecule has 0 aliphatic carbocycles. The number of aliphatic hydroxyl groups is 1. The van der Waals surface area contributed by atoms with Crippen molar-refractivity contribution in [2.24, 2.45) is 5.92 Å². The van der Waals surface area contributed by atoms with Crippen molar-refractivity contribution in [3.05, 3.63) is 0 Å². The van der Waals surface area contributed by atoms with Crippen LogP contribution in [0.2, 0.25) is 0 Å². The summed E-state index contributed by atoms with van der Waals surface area (Å²) in [6.45, 7) is -0.0977. The monoisotopic (exact) mass is 286 g/mol. The molecule has 108 valence electrons. The molecule has 1 unspecified atom stereocenters. The Morgan fingerprint density at radius 2 is 2.17 bits per heavy atom. The zero-order valence-corrected chi connectivity index (χ0v) is 11.0. The van der Waals surface area contributed by atoms with Gasteiger partial charge in [0.05, 0.1) is 18.9 Å². The topological polar surface area (TPSA) is 69.6 Å². The van der Waals surface area contributed by atoms with Crippen LogP contribution in [0.5, 0.6) is 0 Å². The summed E-state index contributed by atoms with van der Waals surface area (Å²) in [6, 6.07) is 0. The molecule has 8 heteroatoms. The van der Waals surface area contributed by atoms with Crippen LogP contribution in [-0.4, -0.2) is 62.8 Å². The molecule has 5 nitrogen and oxygen atoms in total. The molecule has 0 aromatic carbocycles. The summed E-state index contributed by atoms with van der Waals surface area (Å²) in [7, 11) is -3.73. The van der Waals surface area contributed by atoms with Crippen molar-refractivity contribution in [1.82, 2.24) is 9.62 Å². The molecule has 1 heterocycles. The minimum absolute atomic E-state index is 0.0392. The third kappa shape index (κ3) is 5.13. The van der Waals surface area contributed by atoms with E-state index in [1.165, 1.54) is 0 Å². The maximum absolute atomic E-state index is 12.3. The van der Waals surface area contributed by atoms with Crippen LogP contribution < -0.4 is 5.32 Å². The Kier molecular flexibility index (Phi) is 6.40. The molecule has 1 rings (SSSR count). The van der Waals surface area contributed by atoms with E-state index in [1.54, 1.807) is 0 Å². The first-order valence-corrected chi connectivity index (χ1v) is 7.64. The van der Waals surface area contributed by atoms with Crippen molar-refractivity contribution in [3.63, 3.8) is 0 Å². The standard InChI is InChI=1S/C10H20F2N2O3S/c11-10(12)7-14(4-5-15)18(16,17)8-9-2-1-3-13-6-9/h9-10,13,15H,1-8H2. The van der Waals surface area contributed by atoms with Gasteiger partial charge in [-0.05, 0) is 31.8 Å². The van der Waals surface area contributed by atoms with Crippen LogP contribution in [0.4, 0.5) is 8.78 Å². The van der Waals surface area contributed by atoms with Crippen molar-refractivity contribution in [1.29, 1.82) is 0 Å². The lowest BCUT2D eigenvalue weighted by Crippen LogP contribution is -2.42. The molecule has 1 fully saturated rings.